The first-order chi connectivity index (χ1) is 63.2. The first-order valence-electron chi connectivity index (χ1n) is 40.8. The van der Waals surface area contributed by atoms with E-state index in [0.29, 0.717) is 29.6 Å². The van der Waals surface area contributed by atoms with E-state index < -0.39 is 44.2 Å². The van der Waals surface area contributed by atoms with Crippen LogP contribution in [-0.2, 0) is 30.5 Å². The van der Waals surface area contributed by atoms with Crippen molar-refractivity contribution in [1.82, 2.24) is 75.3 Å². The Balaban J connectivity index is 0.000000781. The summed E-state index contributed by atoms with van der Waals surface area (Å²) in [5.74, 6) is 9.38. The van der Waals surface area contributed by atoms with E-state index in [1.807, 2.05) is 149 Å². The molecule has 16 aromatic rings. The van der Waals surface area contributed by atoms with Gasteiger partial charge in [-0.05, 0) is 216 Å². The molecule has 0 amide bonds. The summed E-state index contributed by atoms with van der Waals surface area (Å²) in [6.07, 6.45) is 8.10. The van der Waals surface area contributed by atoms with Gasteiger partial charge in [-0.3, -0.25) is 9.90 Å². The van der Waals surface area contributed by atoms with Gasteiger partial charge in [0.2, 0.25) is 17.5 Å². The van der Waals surface area contributed by atoms with Gasteiger partial charge in [-0.25, -0.2) is 16.8 Å². The number of aromatic amines is 2. The Hall–Kier alpha value is -11.3. The van der Waals surface area contributed by atoms with Crippen molar-refractivity contribution in [2.45, 2.75) is 137 Å². The number of halogens is 4. The van der Waals surface area contributed by atoms with Crippen LogP contribution in [0.15, 0.2) is 323 Å². The van der Waals surface area contributed by atoms with Crippen molar-refractivity contribution in [2.75, 3.05) is 19.6 Å². The zero-order valence-electron chi connectivity index (χ0n) is 77.6. The molecule has 0 fully saturated rings. The van der Waals surface area contributed by atoms with E-state index in [4.69, 9.17) is 33.0 Å². The van der Waals surface area contributed by atoms with Crippen molar-refractivity contribution in [3.8, 4) is 62.4 Å². The zero-order valence-corrected chi connectivity index (χ0v) is 86.0. The minimum absolute atomic E-state index is 0. The van der Waals surface area contributed by atoms with Gasteiger partial charge < -0.3 is 21.3 Å². The number of aryl methyl sites for hydroxylation is 4. The summed E-state index contributed by atoms with van der Waals surface area (Å²) in [4.78, 5) is 11.6. The topological polar surface area (TPSA) is 337 Å². The molecular weight excluding hydrogens is 1860 g/mol. The smallest absolute Gasteiger partial charge is 0.658 e. The quantitative estimate of drug-likeness (QED) is 0.0111. The number of aromatic nitrogens is 13. The summed E-state index contributed by atoms with van der Waals surface area (Å²) in [5.41, 5.74) is 23.5. The number of H-pyrrole nitrogens is 2. The largest absolute Gasteiger partial charge is 1.00 e. The summed E-state index contributed by atoms with van der Waals surface area (Å²) in [6.45, 7) is 31.7. The molecule has 16 rings (SSSR count). The number of hydrogen-bond donors (Lipinski definition) is 2. The summed E-state index contributed by atoms with van der Waals surface area (Å²) < 4.78 is 73.3. The fraction of sp³-hybridized carbons (Fsp3) is 0.222. The standard InChI is InChI=1S/C25H20N4S.C19H15Cl.C12H10FNO4S2.C6H5FN4S.C6H6N4S.C6H5NS.C6H14N.C6H15N.C5H5N.C4H6.C3H4.CH4.ClH.Li.N3.Na/c1-19-17-18-30-23(19)24-26-28-29(27-24)25(20-11-5-2-6-12-20,21-13-7-3-8-14-21)22-15-9-4-10-16-22;20-19(16-10-4-1-5-11-16,17-12-6-2-7-13-17)18-14-8-3-9-15-18;13-14(19(15,16)11-7-3-1-4-8-11)20(17,18)12-9-5-2-6-10-12;1-3-2-4(7)12-5(3)6-8-10-11-9-6;1-4-2-3-11-5(4)6-7-9-10-8-6;1-5-2-3-8-6(5)4-7;1-5(2)7-6(3)4;1-4-7(5-2)6-3;1-2-4-6-5-3-1;1-3-4-2;1-3-2;;;;1-3-2;/h2-18H,1H3;1-15H;1-10H;2H,1H3,(H,8,9,10,11);2-3H,1H3,(H,7,8,9,10);2-3H,1H3;5-6H,1-4H3;4-6H2,1-3H3;1-5H;1-2H3;1H,2H3;1H4;1H;;;/q;;;;;;-1;;;;;;;+1;-1;+1. The third-order valence-electron chi connectivity index (χ3n) is 17.9. The van der Waals surface area contributed by atoms with Gasteiger partial charge in [0.1, 0.15) is 15.8 Å². The molecule has 8 aromatic carbocycles. The number of thiophene rings is 4. The Labute approximate surface area is 855 Å². The Bertz CT molecular complexity index is 5940. The monoisotopic (exact) mass is 1970 g/mol. The van der Waals surface area contributed by atoms with Crippen LogP contribution in [0.5, 0.6) is 0 Å². The molecule has 135 heavy (non-hydrogen) atoms. The average Bonchev–Trinajstić information content (AvgIpc) is 1.72. The van der Waals surface area contributed by atoms with Crippen LogP contribution in [0.3, 0.4) is 0 Å². The first-order valence-corrected chi connectivity index (χ1v) is 47.5. The first kappa shape index (κ1) is 122. The normalized spacial score (nSPS) is 10.0. The number of sulfonamides is 2. The minimum atomic E-state index is -4.77. The Morgan fingerprint density at radius 3 is 1.07 bits per heavy atom. The van der Waals surface area contributed by atoms with Crippen LogP contribution >= 0.6 is 69.4 Å². The molecule has 0 saturated carbocycles. The van der Waals surface area contributed by atoms with E-state index in [9.17, 15) is 25.7 Å². The molecule has 8 heterocycles. The molecule has 0 atom stereocenters. The number of benzene rings is 8. The van der Waals surface area contributed by atoms with Crippen molar-refractivity contribution >= 4 is 89.4 Å². The number of tetrazole rings is 3. The number of nitriles is 1. The van der Waals surface area contributed by atoms with Gasteiger partial charge in [0.25, 0.3) is 20.0 Å². The molecule has 0 spiro atoms. The Kier molecular flexibility index (Phi) is 60.3. The SMILES string of the molecule is C.C#CC.CC#CC.CC(C)[N-]C(C)C.CCN(CC)CC.Cc1cc(F)sc1-c1nn[nH]n1.Cc1ccsc1-c1nn[nH]n1.Cc1ccsc1-c1nnn(C(c2ccccc2)(c2ccccc2)c2ccccc2)n1.Cc1ccsc1C#N.Cl.ClC(c1ccccc1)(c1ccccc1)c1ccccc1.O=S(=O)(c1ccccc1)N(F)S(=O)(=O)c1ccccc1.[Li+].[N-]=[N+]=[N-].[Na+].c1ccncc1. The van der Waals surface area contributed by atoms with Crippen molar-refractivity contribution in [3.05, 3.63) is 401 Å². The second-order valence-electron chi connectivity index (χ2n) is 27.6. The van der Waals surface area contributed by atoms with Gasteiger partial charge in [0, 0.05) is 12.4 Å². The third-order valence-corrected chi connectivity index (χ3v) is 26.2. The molecule has 0 saturated heterocycles. The fourth-order valence-corrected chi connectivity index (χ4v) is 18.3. The molecule has 24 nitrogen and oxygen atoms in total. The third kappa shape index (κ3) is 38.8. The van der Waals surface area contributed by atoms with Crippen LogP contribution in [0.2, 0.25) is 0 Å². The molecule has 0 aliphatic rings. The van der Waals surface area contributed by atoms with Crippen molar-refractivity contribution in [3.63, 3.8) is 0 Å². The number of nitrogens with zero attached hydrogens (tertiary/aromatic N) is 18. The predicted molar refractivity (Wildman–Crippen MR) is 543 cm³/mol. The molecule has 2 N–H and O–H groups in total. The molecule has 0 radical (unpaired) electrons. The van der Waals surface area contributed by atoms with Crippen molar-refractivity contribution in [2.24, 2.45) is 0 Å². The van der Waals surface area contributed by atoms with Gasteiger partial charge in [0.05, 0.1) is 28.4 Å². The van der Waals surface area contributed by atoms with Gasteiger partial charge in [-0.1, -0.05) is 280 Å². The molecule has 0 aliphatic heterocycles. The second-order valence-corrected chi connectivity index (χ2v) is 35.6. The fourth-order valence-electron chi connectivity index (χ4n) is 11.8. The number of pyridine rings is 1. The molecular formula is C99H110Cl2F2LiN20NaO4S6. The van der Waals surface area contributed by atoms with E-state index >= 15 is 0 Å². The van der Waals surface area contributed by atoms with E-state index in [0.717, 1.165) is 105 Å². The van der Waals surface area contributed by atoms with Crippen LogP contribution in [0, 0.1) is 68.3 Å². The van der Waals surface area contributed by atoms with Crippen LogP contribution in [0.4, 0.5) is 8.87 Å². The van der Waals surface area contributed by atoms with Crippen molar-refractivity contribution in [1.29, 1.82) is 5.26 Å². The zero-order chi connectivity index (χ0) is 95.9. The van der Waals surface area contributed by atoms with E-state index in [1.54, 1.807) is 46.8 Å². The number of alkyl halides is 1. The van der Waals surface area contributed by atoms with Gasteiger partial charge in [0.15, 0.2) is 10.7 Å². The average molecular weight is 1980 g/mol. The Morgan fingerprint density at radius 1 is 0.519 bits per heavy atom. The maximum atomic E-state index is 14.0. The maximum absolute atomic E-state index is 14.0. The Morgan fingerprint density at radius 2 is 0.837 bits per heavy atom. The number of nitrogens with one attached hydrogen (secondary N) is 2. The number of rotatable bonds is 19. The van der Waals surface area contributed by atoms with Gasteiger partial charge >= 0.3 is 48.4 Å². The van der Waals surface area contributed by atoms with Crippen molar-refractivity contribution < 1.29 is 74.1 Å². The summed E-state index contributed by atoms with van der Waals surface area (Å²) >= 11 is 12.9. The molecule has 696 valence electrons. The number of hydrogen-bond acceptors (Lipinski definition) is 20. The molecule has 0 bridgehead atoms. The molecule has 36 heteroatoms. The summed E-state index contributed by atoms with van der Waals surface area (Å²) in [6, 6.07) is 91.1. The van der Waals surface area contributed by atoms with E-state index in [-0.39, 0.29) is 73.4 Å². The van der Waals surface area contributed by atoms with E-state index in [2.05, 4.69) is 273 Å². The van der Waals surface area contributed by atoms with Gasteiger partial charge in [-0.15, -0.1) is 145 Å². The molecule has 0 aliphatic carbocycles. The minimum Gasteiger partial charge on any atom is -0.658 e. The summed E-state index contributed by atoms with van der Waals surface area (Å²) in [7, 11) is -9.53. The van der Waals surface area contributed by atoms with Crippen LogP contribution in [-0.4, -0.2) is 124 Å². The second kappa shape index (κ2) is 67.0. The molecule has 0 unspecified atom stereocenters. The number of terminal acetylenes is 1. The maximum Gasteiger partial charge on any atom is 1.00 e. The summed E-state index contributed by atoms with van der Waals surface area (Å²) in [5, 5.41) is 59.3. The van der Waals surface area contributed by atoms with Crippen LogP contribution < -0.4 is 48.4 Å². The molecule has 8 aromatic heterocycles. The van der Waals surface area contributed by atoms with Gasteiger partial charge in [-0.2, -0.15) is 20.1 Å². The van der Waals surface area contributed by atoms with Crippen LogP contribution in [0.25, 0.3) is 53.4 Å². The van der Waals surface area contributed by atoms with E-state index in [1.165, 1.54) is 83.9 Å². The predicted octanol–water partition coefficient (Wildman–Crippen LogP) is 19.5. The van der Waals surface area contributed by atoms with Crippen LogP contribution in [0.1, 0.15) is 137 Å².